The van der Waals surface area contributed by atoms with Crippen LogP contribution in [0, 0.1) is 5.82 Å². The third kappa shape index (κ3) is 1.60. The van der Waals surface area contributed by atoms with Crippen LogP contribution in [-0.4, -0.2) is 17.7 Å². The van der Waals surface area contributed by atoms with Crippen molar-refractivity contribution in [2.75, 3.05) is 0 Å². The van der Waals surface area contributed by atoms with E-state index in [2.05, 4.69) is 0 Å². The number of hydrogen-bond donors (Lipinski definition) is 1. The second kappa shape index (κ2) is 3.20. The molecule has 10 heavy (non-hydrogen) atoms. The van der Waals surface area contributed by atoms with E-state index < -0.39 is 0 Å². The van der Waals surface area contributed by atoms with Crippen molar-refractivity contribution in [3.8, 4) is 0 Å². The molecule has 0 bridgehead atoms. The molecule has 0 aliphatic rings. The van der Waals surface area contributed by atoms with Gasteiger partial charge in [0.15, 0.2) is 0 Å². The molecule has 0 spiro atoms. The number of benzene rings is 1. The van der Waals surface area contributed by atoms with Gasteiger partial charge in [0.05, 0.1) is 0 Å². The van der Waals surface area contributed by atoms with E-state index >= 15 is 0 Å². The van der Waals surface area contributed by atoms with Crippen molar-refractivity contribution in [3.63, 3.8) is 0 Å². The molecule has 1 nitrogen and oxygen atoms in total. The van der Waals surface area contributed by atoms with Crippen LogP contribution in [-0.2, 0) is 6.54 Å². The van der Waals surface area contributed by atoms with Gasteiger partial charge in [-0.25, -0.2) is 0 Å². The Morgan fingerprint density at radius 2 is 2.20 bits per heavy atom. The van der Waals surface area contributed by atoms with Gasteiger partial charge in [-0.15, -0.1) is 0 Å². The zero-order valence-corrected chi connectivity index (χ0v) is 5.89. The number of hydrogen-bond acceptors (Lipinski definition) is 1. The minimum atomic E-state index is -0.199. The van der Waals surface area contributed by atoms with Crippen molar-refractivity contribution in [1.29, 1.82) is 0 Å². The Morgan fingerprint density at radius 1 is 1.50 bits per heavy atom. The van der Waals surface area contributed by atoms with Gasteiger partial charge in [0.1, 0.15) is 0 Å². The molecule has 0 radical (unpaired) electrons. The molecule has 2 N–H and O–H groups in total. The molecule has 1 aromatic rings. The summed E-state index contributed by atoms with van der Waals surface area (Å²) in [7, 11) is 0. The topological polar surface area (TPSA) is 26.0 Å². The summed E-state index contributed by atoms with van der Waals surface area (Å²) in [6, 6.07) is 4.63. The molecule has 0 saturated heterocycles. The van der Waals surface area contributed by atoms with Crippen LogP contribution in [0.2, 0.25) is 0 Å². The van der Waals surface area contributed by atoms with Gasteiger partial charge in [0.25, 0.3) is 0 Å². The Morgan fingerprint density at radius 3 is 2.70 bits per heavy atom. The fraction of sp³-hybridized carbons (Fsp3) is 0.143. The molecule has 0 aliphatic heterocycles. The van der Waals surface area contributed by atoms with Gasteiger partial charge in [-0.2, -0.15) is 0 Å². The summed E-state index contributed by atoms with van der Waals surface area (Å²) in [5, 5.41) is 0. The molecule has 0 aromatic heterocycles. The van der Waals surface area contributed by atoms with Gasteiger partial charge in [-0.1, -0.05) is 0 Å². The van der Waals surface area contributed by atoms with E-state index in [9.17, 15) is 4.39 Å². The molecule has 0 heterocycles. The number of halogens is 1. The minimum absolute atomic E-state index is 0.199. The quantitative estimate of drug-likeness (QED) is 0.536. The summed E-state index contributed by atoms with van der Waals surface area (Å²) in [4.78, 5) is 0. The first-order valence-electron chi connectivity index (χ1n) is 3.19. The van der Waals surface area contributed by atoms with Crippen LogP contribution in [0.4, 0.5) is 4.39 Å². The molecular formula is C7H7FLiN. The van der Waals surface area contributed by atoms with Crippen molar-refractivity contribution in [1.82, 2.24) is 0 Å². The zero-order valence-electron chi connectivity index (χ0n) is 5.89. The van der Waals surface area contributed by atoms with Gasteiger partial charge in [0.2, 0.25) is 0 Å². The third-order valence-corrected chi connectivity index (χ3v) is 1.52. The summed E-state index contributed by atoms with van der Waals surface area (Å²) < 4.78 is 13.4. The predicted molar refractivity (Wildman–Crippen MR) is 39.7 cm³/mol. The first kappa shape index (κ1) is 7.81. The zero-order chi connectivity index (χ0) is 7.56. The second-order valence-corrected chi connectivity index (χ2v) is 2.27. The van der Waals surface area contributed by atoms with Crippen LogP contribution in [0.1, 0.15) is 5.56 Å². The molecule has 0 amide bonds. The monoisotopic (exact) mass is 131 g/mol. The Bertz CT molecular complexity index is 237. The number of nitrogens with two attached hydrogens (primary N) is 1. The SMILES string of the molecule is [Li][c]1cc(F)ccc1CN. The van der Waals surface area contributed by atoms with E-state index in [1.54, 1.807) is 6.07 Å². The van der Waals surface area contributed by atoms with Crippen molar-refractivity contribution in [3.05, 3.63) is 29.6 Å². The Hall–Kier alpha value is -0.293. The average Bonchev–Trinajstić information content (AvgIpc) is 1.88. The molecule has 0 saturated carbocycles. The fourth-order valence-electron chi connectivity index (χ4n) is 0.888. The van der Waals surface area contributed by atoms with E-state index in [1.807, 2.05) is 17.7 Å². The van der Waals surface area contributed by atoms with Crippen LogP contribution in [0.25, 0.3) is 0 Å². The average molecular weight is 131 g/mol. The second-order valence-electron chi connectivity index (χ2n) is 2.27. The van der Waals surface area contributed by atoms with Crippen LogP contribution in [0.3, 0.4) is 0 Å². The fourth-order valence-corrected chi connectivity index (χ4v) is 0.888. The predicted octanol–water partition coefficient (Wildman–Crippen LogP) is 0.0782. The van der Waals surface area contributed by atoms with E-state index in [1.165, 1.54) is 12.1 Å². The molecule has 1 aromatic carbocycles. The maximum atomic E-state index is 12.4. The normalized spacial score (nSPS) is 10.0. The first-order valence-corrected chi connectivity index (χ1v) is 3.19. The van der Waals surface area contributed by atoms with Crippen molar-refractivity contribution in [2.45, 2.75) is 6.54 Å². The number of rotatable bonds is 1. The van der Waals surface area contributed by atoms with E-state index in [-0.39, 0.29) is 5.82 Å². The summed E-state index contributed by atoms with van der Waals surface area (Å²) in [5.41, 5.74) is 6.38. The Kier molecular flexibility index (Phi) is 2.50. The van der Waals surface area contributed by atoms with Crippen LogP contribution in [0.15, 0.2) is 18.2 Å². The van der Waals surface area contributed by atoms with Crippen LogP contribution in [0.5, 0.6) is 0 Å². The summed E-state index contributed by atoms with van der Waals surface area (Å²) in [6.07, 6.45) is 0. The van der Waals surface area contributed by atoms with E-state index in [0.717, 1.165) is 9.80 Å². The van der Waals surface area contributed by atoms with Crippen molar-refractivity contribution < 1.29 is 4.39 Å². The molecule has 0 unspecified atom stereocenters. The standard InChI is InChI=1S/C7H7FN.Li/c8-7-3-1-6(5-9)2-4-7;/h1,3-4H,5,9H2;. The molecule has 0 aliphatic carbocycles. The Balaban J connectivity index is 3.07. The molecule has 48 valence electrons. The van der Waals surface area contributed by atoms with Crippen molar-refractivity contribution >= 4 is 22.0 Å². The summed E-state index contributed by atoms with van der Waals surface area (Å²) in [5.74, 6) is -0.199. The molecular weight excluding hydrogens is 124 g/mol. The molecule has 0 atom stereocenters. The van der Waals surface area contributed by atoms with Gasteiger partial charge < -0.3 is 0 Å². The van der Waals surface area contributed by atoms with Crippen molar-refractivity contribution in [2.24, 2.45) is 5.73 Å². The van der Waals surface area contributed by atoms with Crippen LogP contribution < -0.4 is 9.97 Å². The van der Waals surface area contributed by atoms with Gasteiger partial charge in [-0.3, -0.25) is 0 Å². The van der Waals surface area contributed by atoms with E-state index in [4.69, 9.17) is 5.73 Å². The van der Waals surface area contributed by atoms with E-state index in [0.29, 0.717) is 6.54 Å². The summed E-state index contributed by atoms with van der Waals surface area (Å²) >= 11 is 1.85. The molecule has 0 fully saturated rings. The summed E-state index contributed by atoms with van der Waals surface area (Å²) in [6.45, 7) is 0.478. The first-order chi connectivity index (χ1) is 4.74. The maximum absolute atomic E-state index is 12.4. The Labute approximate surface area is 68.6 Å². The van der Waals surface area contributed by atoms with Gasteiger partial charge in [-0.05, 0) is 0 Å². The molecule has 3 heteroatoms. The van der Waals surface area contributed by atoms with Crippen LogP contribution >= 0.6 is 0 Å². The third-order valence-electron chi connectivity index (χ3n) is 1.52. The van der Waals surface area contributed by atoms with Gasteiger partial charge >= 0.3 is 68.2 Å². The molecule has 1 rings (SSSR count). The van der Waals surface area contributed by atoms with Gasteiger partial charge in [0, 0.05) is 0 Å².